The van der Waals surface area contributed by atoms with Crippen molar-refractivity contribution in [2.24, 2.45) is 11.8 Å². The molecule has 0 spiro atoms. The van der Waals surface area contributed by atoms with Crippen molar-refractivity contribution < 1.29 is 19.1 Å². The number of amides is 2. The smallest absolute Gasteiger partial charge is 0.417 e. The number of hydrogen-bond acceptors (Lipinski definition) is 4. The van der Waals surface area contributed by atoms with Crippen LogP contribution in [0.2, 0.25) is 0 Å². The van der Waals surface area contributed by atoms with Gasteiger partial charge in [-0.1, -0.05) is 54.6 Å². The summed E-state index contributed by atoms with van der Waals surface area (Å²) in [7, 11) is 0. The second kappa shape index (κ2) is 9.45. The molecule has 0 N–H and O–H groups in total. The van der Waals surface area contributed by atoms with Gasteiger partial charge < -0.3 is 9.47 Å². The number of imide groups is 1. The van der Waals surface area contributed by atoms with Crippen molar-refractivity contribution in [2.45, 2.75) is 58.1 Å². The number of rotatable bonds is 4. The normalized spacial score (nSPS) is 22.2. The van der Waals surface area contributed by atoms with Crippen LogP contribution in [-0.2, 0) is 20.7 Å². The molecule has 2 aliphatic rings. The minimum Gasteiger partial charge on any atom is -0.443 e. The van der Waals surface area contributed by atoms with Crippen LogP contribution < -0.4 is 0 Å². The van der Waals surface area contributed by atoms with Gasteiger partial charge in [-0.05, 0) is 69.1 Å². The standard InChI is InChI=1S/C27H33NO4/c1-27(2,3)32-26(30)28-23(18-24(25(28)29)22-13-15-31-16-14-22)17-19-9-11-21(12-10-19)20-7-5-4-6-8-20/h4-12,22-24H,13-18H2,1-3H3/t23-,24?/m1/s1. The van der Waals surface area contributed by atoms with Crippen molar-refractivity contribution in [3.05, 3.63) is 60.2 Å². The van der Waals surface area contributed by atoms with E-state index in [1.807, 2.05) is 39.0 Å². The molecule has 2 fully saturated rings. The van der Waals surface area contributed by atoms with Crippen LogP contribution in [0, 0.1) is 11.8 Å². The molecule has 0 saturated carbocycles. The van der Waals surface area contributed by atoms with E-state index in [1.165, 1.54) is 10.5 Å². The van der Waals surface area contributed by atoms with E-state index in [0.29, 0.717) is 26.1 Å². The fraction of sp³-hybridized carbons (Fsp3) is 0.481. The maximum Gasteiger partial charge on any atom is 0.417 e. The Morgan fingerprint density at radius 3 is 2.25 bits per heavy atom. The first-order valence-corrected chi connectivity index (χ1v) is 11.6. The van der Waals surface area contributed by atoms with E-state index >= 15 is 0 Å². The van der Waals surface area contributed by atoms with Gasteiger partial charge in [0.1, 0.15) is 5.60 Å². The van der Waals surface area contributed by atoms with Crippen molar-refractivity contribution in [1.82, 2.24) is 4.90 Å². The van der Waals surface area contributed by atoms with Crippen molar-refractivity contribution >= 4 is 12.0 Å². The molecule has 0 aromatic heterocycles. The van der Waals surface area contributed by atoms with Crippen molar-refractivity contribution in [1.29, 1.82) is 0 Å². The Hall–Kier alpha value is -2.66. The second-order valence-electron chi connectivity index (χ2n) is 9.90. The van der Waals surface area contributed by atoms with E-state index in [1.54, 1.807) is 0 Å². The zero-order valence-electron chi connectivity index (χ0n) is 19.3. The Balaban J connectivity index is 1.53. The van der Waals surface area contributed by atoms with Crippen LogP contribution in [0.15, 0.2) is 54.6 Å². The van der Waals surface area contributed by atoms with Gasteiger partial charge >= 0.3 is 6.09 Å². The van der Waals surface area contributed by atoms with E-state index in [-0.39, 0.29) is 23.8 Å². The Kier molecular flexibility index (Phi) is 6.66. The molecule has 32 heavy (non-hydrogen) atoms. The van der Waals surface area contributed by atoms with Crippen LogP contribution >= 0.6 is 0 Å². The summed E-state index contributed by atoms with van der Waals surface area (Å²) in [5.74, 6) is 0.0451. The molecular formula is C27H33NO4. The third-order valence-corrected chi connectivity index (χ3v) is 6.40. The summed E-state index contributed by atoms with van der Waals surface area (Å²) in [5, 5.41) is 0. The summed E-state index contributed by atoms with van der Waals surface area (Å²) >= 11 is 0. The monoisotopic (exact) mass is 435 g/mol. The lowest BCUT2D eigenvalue weighted by Gasteiger charge is -2.28. The van der Waals surface area contributed by atoms with Crippen molar-refractivity contribution in [3.63, 3.8) is 0 Å². The van der Waals surface area contributed by atoms with Gasteiger partial charge in [0.25, 0.3) is 0 Å². The van der Waals surface area contributed by atoms with Gasteiger partial charge in [0, 0.05) is 25.2 Å². The average molecular weight is 436 g/mol. The highest BCUT2D eigenvalue weighted by Gasteiger charge is 2.47. The van der Waals surface area contributed by atoms with Gasteiger partial charge in [-0.15, -0.1) is 0 Å². The van der Waals surface area contributed by atoms with Gasteiger partial charge in [0.2, 0.25) is 5.91 Å². The Labute approximate surface area is 190 Å². The van der Waals surface area contributed by atoms with Crippen LogP contribution in [0.5, 0.6) is 0 Å². The first-order valence-electron chi connectivity index (χ1n) is 11.6. The summed E-state index contributed by atoms with van der Waals surface area (Å²) in [4.78, 5) is 27.8. The van der Waals surface area contributed by atoms with Gasteiger partial charge in [-0.2, -0.15) is 0 Å². The molecule has 2 heterocycles. The molecule has 0 bridgehead atoms. The van der Waals surface area contributed by atoms with Crippen molar-refractivity contribution in [2.75, 3.05) is 13.2 Å². The van der Waals surface area contributed by atoms with Crippen LogP contribution in [-0.4, -0.2) is 41.8 Å². The highest BCUT2D eigenvalue weighted by Crippen LogP contribution is 2.37. The maximum absolute atomic E-state index is 13.4. The molecule has 0 aliphatic carbocycles. The predicted molar refractivity (Wildman–Crippen MR) is 124 cm³/mol. The largest absolute Gasteiger partial charge is 0.443 e. The molecule has 2 atom stereocenters. The first-order chi connectivity index (χ1) is 15.3. The van der Waals surface area contributed by atoms with E-state index < -0.39 is 11.7 Å². The molecule has 2 saturated heterocycles. The maximum atomic E-state index is 13.4. The molecule has 4 rings (SSSR count). The lowest BCUT2D eigenvalue weighted by molar-refractivity contribution is -0.133. The summed E-state index contributed by atoms with van der Waals surface area (Å²) < 4.78 is 11.1. The van der Waals surface area contributed by atoms with Crippen LogP contribution in [0.4, 0.5) is 4.79 Å². The number of carbonyl (C=O) groups excluding carboxylic acids is 2. The number of benzene rings is 2. The minimum atomic E-state index is -0.643. The molecule has 5 nitrogen and oxygen atoms in total. The van der Waals surface area contributed by atoms with Gasteiger partial charge in [0.05, 0.1) is 0 Å². The molecule has 2 aliphatic heterocycles. The second-order valence-corrected chi connectivity index (χ2v) is 9.90. The third kappa shape index (κ3) is 5.21. The van der Waals surface area contributed by atoms with E-state index in [4.69, 9.17) is 9.47 Å². The lowest BCUT2D eigenvalue weighted by atomic mass is 9.83. The van der Waals surface area contributed by atoms with Crippen LogP contribution in [0.3, 0.4) is 0 Å². The van der Waals surface area contributed by atoms with E-state index in [0.717, 1.165) is 24.0 Å². The third-order valence-electron chi connectivity index (χ3n) is 6.40. The predicted octanol–water partition coefficient (Wildman–Crippen LogP) is 5.47. The first kappa shape index (κ1) is 22.5. The van der Waals surface area contributed by atoms with Gasteiger partial charge in [-0.25, -0.2) is 9.69 Å². The van der Waals surface area contributed by atoms with E-state index in [2.05, 4.69) is 36.4 Å². The van der Waals surface area contributed by atoms with Gasteiger partial charge in [-0.3, -0.25) is 4.79 Å². The van der Waals surface area contributed by atoms with Crippen LogP contribution in [0.1, 0.15) is 45.6 Å². The average Bonchev–Trinajstić information content (AvgIpc) is 3.10. The number of carbonyl (C=O) groups is 2. The number of likely N-dealkylation sites (tertiary alicyclic amines) is 1. The zero-order valence-corrected chi connectivity index (χ0v) is 19.3. The summed E-state index contributed by atoms with van der Waals surface area (Å²) in [6, 6.07) is 18.5. The summed E-state index contributed by atoms with van der Waals surface area (Å²) in [6.45, 7) is 6.87. The molecule has 5 heteroatoms. The Morgan fingerprint density at radius 2 is 1.62 bits per heavy atom. The molecule has 0 radical (unpaired) electrons. The highest BCUT2D eigenvalue weighted by atomic mass is 16.6. The topological polar surface area (TPSA) is 55.8 Å². The molecule has 2 amide bonds. The minimum absolute atomic E-state index is 0.0861. The quantitative estimate of drug-likeness (QED) is 0.639. The van der Waals surface area contributed by atoms with Crippen LogP contribution in [0.25, 0.3) is 11.1 Å². The fourth-order valence-corrected chi connectivity index (χ4v) is 4.83. The molecule has 2 aromatic rings. The van der Waals surface area contributed by atoms with Gasteiger partial charge in [0.15, 0.2) is 0 Å². The number of hydrogen-bond donors (Lipinski definition) is 0. The molecule has 1 unspecified atom stereocenters. The number of nitrogens with zero attached hydrogens (tertiary/aromatic N) is 1. The van der Waals surface area contributed by atoms with E-state index in [9.17, 15) is 9.59 Å². The molecule has 170 valence electrons. The summed E-state index contributed by atoms with van der Waals surface area (Å²) in [5.41, 5.74) is 2.80. The van der Waals surface area contributed by atoms with Crippen molar-refractivity contribution in [3.8, 4) is 11.1 Å². The fourth-order valence-electron chi connectivity index (χ4n) is 4.83. The SMILES string of the molecule is CC(C)(C)OC(=O)N1C(=O)C(C2CCOCC2)C[C@H]1Cc1ccc(-c2ccccc2)cc1. The highest BCUT2D eigenvalue weighted by molar-refractivity contribution is 5.96. The molecular weight excluding hydrogens is 402 g/mol. The number of ether oxygens (including phenoxy) is 2. The summed E-state index contributed by atoms with van der Waals surface area (Å²) in [6.07, 6.45) is 2.54. The molecule has 2 aromatic carbocycles. The Morgan fingerprint density at radius 1 is 1.00 bits per heavy atom. The Bertz CT molecular complexity index is 926. The zero-order chi connectivity index (χ0) is 22.7. The lowest BCUT2D eigenvalue weighted by Crippen LogP contribution is -2.44.